The van der Waals surface area contributed by atoms with Crippen molar-refractivity contribution in [3.8, 4) is 0 Å². The quantitative estimate of drug-likeness (QED) is 0.865. The van der Waals surface area contributed by atoms with E-state index in [0.29, 0.717) is 12.5 Å². The first kappa shape index (κ1) is 14.6. The van der Waals surface area contributed by atoms with Crippen LogP contribution in [0, 0.1) is 19.8 Å². The molecule has 1 fully saturated rings. The first-order chi connectivity index (χ1) is 9.45. The monoisotopic (exact) mass is 275 g/mol. The number of carboxylic acid groups (broad SMARTS) is 1. The van der Waals surface area contributed by atoms with Crippen molar-refractivity contribution in [2.75, 3.05) is 13.1 Å². The molecule has 20 heavy (non-hydrogen) atoms. The molecule has 0 unspecified atom stereocenters. The standard InChI is InChI=1S/C16H21NO3/c1-11-3-4-12(2)14(7-11)8-15(18)17(10-16(19)20)9-13-5-6-13/h3-4,7,13H,5-6,8-10H2,1-2H3,(H,19,20). The number of rotatable bonds is 6. The Hall–Kier alpha value is -1.84. The number of carbonyl (C=O) groups is 2. The lowest BCUT2D eigenvalue weighted by atomic mass is 10.0. The Bertz CT molecular complexity index is 520. The molecule has 0 bridgehead atoms. The van der Waals surface area contributed by atoms with Crippen molar-refractivity contribution in [1.29, 1.82) is 0 Å². The van der Waals surface area contributed by atoms with Crippen LogP contribution in [0.3, 0.4) is 0 Å². The summed E-state index contributed by atoms with van der Waals surface area (Å²) in [6.45, 7) is 4.35. The zero-order valence-corrected chi connectivity index (χ0v) is 12.1. The van der Waals surface area contributed by atoms with Gasteiger partial charge in [0.25, 0.3) is 0 Å². The largest absolute Gasteiger partial charge is 0.480 e. The molecule has 108 valence electrons. The van der Waals surface area contributed by atoms with E-state index in [1.807, 2.05) is 32.0 Å². The zero-order chi connectivity index (χ0) is 14.7. The second kappa shape index (κ2) is 6.07. The molecule has 2 rings (SSSR count). The van der Waals surface area contributed by atoms with Crippen LogP contribution in [0.15, 0.2) is 18.2 Å². The van der Waals surface area contributed by atoms with E-state index in [4.69, 9.17) is 5.11 Å². The number of hydrogen-bond acceptors (Lipinski definition) is 2. The van der Waals surface area contributed by atoms with Crippen LogP contribution in [0.5, 0.6) is 0 Å². The van der Waals surface area contributed by atoms with Gasteiger partial charge < -0.3 is 10.0 Å². The second-order valence-corrected chi connectivity index (χ2v) is 5.72. The normalized spacial score (nSPS) is 14.1. The van der Waals surface area contributed by atoms with Crippen molar-refractivity contribution in [2.45, 2.75) is 33.1 Å². The van der Waals surface area contributed by atoms with Gasteiger partial charge in [0.1, 0.15) is 6.54 Å². The molecule has 0 atom stereocenters. The van der Waals surface area contributed by atoms with Gasteiger partial charge in [-0.25, -0.2) is 0 Å². The lowest BCUT2D eigenvalue weighted by Crippen LogP contribution is -2.38. The maximum absolute atomic E-state index is 12.3. The summed E-state index contributed by atoms with van der Waals surface area (Å²) in [5.41, 5.74) is 3.18. The van der Waals surface area contributed by atoms with E-state index in [0.717, 1.165) is 29.5 Å². The molecule has 0 heterocycles. The summed E-state index contributed by atoms with van der Waals surface area (Å²) in [6.07, 6.45) is 2.49. The third kappa shape index (κ3) is 4.08. The van der Waals surface area contributed by atoms with Crippen molar-refractivity contribution in [3.63, 3.8) is 0 Å². The predicted octanol–water partition coefficient (Wildman–Crippen LogP) is 2.17. The Labute approximate surface area is 119 Å². The van der Waals surface area contributed by atoms with Gasteiger partial charge in [-0.1, -0.05) is 23.8 Å². The Balaban J connectivity index is 2.06. The van der Waals surface area contributed by atoms with E-state index in [1.54, 1.807) is 0 Å². The molecule has 1 aliphatic carbocycles. The summed E-state index contributed by atoms with van der Waals surface area (Å²) < 4.78 is 0. The molecule has 0 spiro atoms. The first-order valence-electron chi connectivity index (χ1n) is 7.01. The van der Waals surface area contributed by atoms with Crippen LogP contribution in [-0.4, -0.2) is 35.0 Å². The highest BCUT2D eigenvalue weighted by atomic mass is 16.4. The molecule has 4 heteroatoms. The molecule has 0 aromatic heterocycles. The lowest BCUT2D eigenvalue weighted by Gasteiger charge is -2.21. The fourth-order valence-corrected chi connectivity index (χ4v) is 2.30. The van der Waals surface area contributed by atoms with Crippen LogP contribution in [0.4, 0.5) is 0 Å². The lowest BCUT2D eigenvalue weighted by molar-refractivity contribution is -0.144. The van der Waals surface area contributed by atoms with E-state index < -0.39 is 5.97 Å². The first-order valence-corrected chi connectivity index (χ1v) is 7.01. The number of benzene rings is 1. The Morgan fingerprint density at radius 3 is 2.60 bits per heavy atom. The Morgan fingerprint density at radius 2 is 2.00 bits per heavy atom. The van der Waals surface area contributed by atoms with Gasteiger partial charge in [-0.2, -0.15) is 0 Å². The number of nitrogens with zero attached hydrogens (tertiary/aromatic N) is 1. The van der Waals surface area contributed by atoms with E-state index >= 15 is 0 Å². The maximum atomic E-state index is 12.3. The molecule has 1 N–H and O–H groups in total. The second-order valence-electron chi connectivity index (χ2n) is 5.72. The van der Waals surface area contributed by atoms with E-state index in [2.05, 4.69) is 0 Å². The van der Waals surface area contributed by atoms with E-state index in [9.17, 15) is 9.59 Å². The van der Waals surface area contributed by atoms with Crippen molar-refractivity contribution < 1.29 is 14.7 Å². The highest BCUT2D eigenvalue weighted by molar-refractivity contribution is 5.83. The third-order valence-electron chi connectivity index (χ3n) is 3.70. The van der Waals surface area contributed by atoms with Crippen molar-refractivity contribution in [2.24, 2.45) is 5.92 Å². The molecular weight excluding hydrogens is 254 g/mol. The number of aryl methyl sites for hydroxylation is 2. The summed E-state index contributed by atoms with van der Waals surface area (Å²) in [6, 6.07) is 6.02. The minimum absolute atomic E-state index is 0.0898. The van der Waals surface area contributed by atoms with Gasteiger partial charge in [0.05, 0.1) is 6.42 Å². The van der Waals surface area contributed by atoms with E-state index in [-0.39, 0.29) is 18.9 Å². The van der Waals surface area contributed by atoms with Gasteiger partial charge in [-0.15, -0.1) is 0 Å². The molecule has 0 aliphatic heterocycles. The number of carbonyl (C=O) groups excluding carboxylic acids is 1. The van der Waals surface area contributed by atoms with Crippen LogP contribution in [-0.2, 0) is 16.0 Å². The summed E-state index contributed by atoms with van der Waals surface area (Å²) in [5.74, 6) is -0.537. The Kier molecular flexibility index (Phi) is 4.42. The zero-order valence-electron chi connectivity index (χ0n) is 12.1. The average Bonchev–Trinajstić information content (AvgIpc) is 3.16. The summed E-state index contributed by atoms with van der Waals surface area (Å²) >= 11 is 0. The van der Waals surface area contributed by atoms with Crippen LogP contribution in [0.1, 0.15) is 29.5 Å². The third-order valence-corrected chi connectivity index (χ3v) is 3.70. The summed E-state index contributed by atoms with van der Waals surface area (Å²) in [7, 11) is 0. The predicted molar refractivity (Wildman–Crippen MR) is 76.6 cm³/mol. The van der Waals surface area contributed by atoms with Crippen LogP contribution >= 0.6 is 0 Å². The number of hydrogen-bond donors (Lipinski definition) is 1. The van der Waals surface area contributed by atoms with Crippen LogP contribution < -0.4 is 0 Å². The molecule has 0 radical (unpaired) electrons. The van der Waals surface area contributed by atoms with Crippen molar-refractivity contribution in [1.82, 2.24) is 4.90 Å². The summed E-state index contributed by atoms with van der Waals surface area (Å²) in [5, 5.41) is 8.94. The number of amides is 1. The van der Waals surface area contributed by atoms with Crippen molar-refractivity contribution >= 4 is 11.9 Å². The van der Waals surface area contributed by atoms with Gasteiger partial charge in [-0.3, -0.25) is 9.59 Å². The minimum atomic E-state index is -0.944. The van der Waals surface area contributed by atoms with E-state index in [1.165, 1.54) is 4.90 Å². The topological polar surface area (TPSA) is 57.6 Å². The molecule has 4 nitrogen and oxygen atoms in total. The fraction of sp³-hybridized carbons (Fsp3) is 0.500. The van der Waals surface area contributed by atoms with Crippen LogP contribution in [0.2, 0.25) is 0 Å². The maximum Gasteiger partial charge on any atom is 0.323 e. The fourth-order valence-electron chi connectivity index (χ4n) is 2.30. The molecule has 1 aliphatic rings. The molecule has 0 saturated heterocycles. The highest BCUT2D eigenvalue weighted by Crippen LogP contribution is 2.29. The molecule has 1 aromatic carbocycles. The van der Waals surface area contributed by atoms with Gasteiger partial charge in [-0.05, 0) is 43.7 Å². The van der Waals surface area contributed by atoms with Gasteiger partial charge in [0, 0.05) is 6.54 Å². The van der Waals surface area contributed by atoms with Gasteiger partial charge >= 0.3 is 5.97 Å². The molecule has 1 aromatic rings. The van der Waals surface area contributed by atoms with Crippen molar-refractivity contribution in [3.05, 3.63) is 34.9 Å². The van der Waals surface area contributed by atoms with Gasteiger partial charge in [0.2, 0.25) is 5.91 Å². The highest BCUT2D eigenvalue weighted by Gasteiger charge is 2.28. The molecule has 1 amide bonds. The minimum Gasteiger partial charge on any atom is -0.480 e. The summed E-state index contributed by atoms with van der Waals surface area (Å²) in [4.78, 5) is 24.7. The molecular formula is C16H21NO3. The number of aliphatic carboxylic acids is 1. The Morgan fingerprint density at radius 1 is 1.30 bits per heavy atom. The average molecular weight is 275 g/mol. The smallest absolute Gasteiger partial charge is 0.323 e. The SMILES string of the molecule is Cc1ccc(C)c(CC(=O)N(CC(=O)O)CC2CC2)c1. The van der Waals surface area contributed by atoms with Gasteiger partial charge in [0.15, 0.2) is 0 Å². The number of carboxylic acids is 1. The molecule has 1 saturated carbocycles. The van der Waals surface area contributed by atoms with Crippen LogP contribution in [0.25, 0.3) is 0 Å².